The van der Waals surface area contributed by atoms with Gasteiger partial charge >= 0.3 is 0 Å². The molecule has 0 radical (unpaired) electrons. The van der Waals surface area contributed by atoms with Crippen molar-refractivity contribution in [2.75, 3.05) is 43.6 Å². The highest BCUT2D eigenvalue weighted by molar-refractivity contribution is 5.83. The number of nitrogens with one attached hydrogen (secondary N) is 1. The number of nitrogens with zero attached hydrogens (tertiary/aromatic N) is 7. The standard InChI is InChI=1S/C24H27N9O2/c1-16(22(26)34)32(2)23-17(12-25)11-18(13-29-23)21-5-6-27-24(31-21)30-19-3-4-20(28-14-19)15-33-7-9-35-10-8-33/h3-6,11,13-14,16H,7-10,15H2,1-2H3,(H2,26,34)(H,27,30,31). The van der Waals surface area contributed by atoms with Gasteiger partial charge < -0.3 is 20.7 Å². The fourth-order valence-corrected chi connectivity index (χ4v) is 3.62. The number of pyridine rings is 2. The average molecular weight is 474 g/mol. The first-order valence-corrected chi connectivity index (χ1v) is 11.2. The van der Waals surface area contributed by atoms with Crippen molar-refractivity contribution in [3.63, 3.8) is 0 Å². The van der Waals surface area contributed by atoms with Gasteiger partial charge in [0.2, 0.25) is 11.9 Å². The minimum atomic E-state index is -0.607. The number of hydrogen-bond donors (Lipinski definition) is 2. The Bertz CT molecular complexity index is 1220. The van der Waals surface area contributed by atoms with Crippen LogP contribution in [-0.4, -0.2) is 70.1 Å². The van der Waals surface area contributed by atoms with Gasteiger partial charge in [0.1, 0.15) is 17.9 Å². The fourth-order valence-electron chi connectivity index (χ4n) is 3.62. The zero-order chi connectivity index (χ0) is 24.8. The molecule has 0 aliphatic carbocycles. The number of carbonyl (C=O) groups is 1. The van der Waals surface area contributed by atoms with Gasteiger partial charge in [-0.2, -0.15) is 5.26 Å². The number of hydrogen-bond acceptors (Lipinski definition) is 10. The maximum absolute atomic E-state index is 11.5. The van der Waals surface area contributed by atoms with Crippen LogP contribution >= 0.6 is 0 Å². The summed E-state index contributed by atoms with van der Waals surface area (Å²) >= 11 is 0. The average Bonchev–Trinajstić information content (AvgIpc) is 2.89. The van der Waals surface area contributed by atoms with Gasteiger partial charge in [0.25, 0.3) is 0 Å². The Balaban J connectivity index is 1.48. The van der Waals surface area contributed by atoms with Crippen LogP contribution in [-0.2, 0) is 16.1 Å². The molecule has 0 spiro atoms. The first kappa shape index (κ1) is 24.0. The highest BCUT2D eigenvalue weighted by Crippen LogP contribution is 2.25. The van der Waals surface area contributed by atoms with E-state index in [1.54, 1.807) is 49.6 Å². The lowest BCUT2D eigenvalue weighted by Gasteiger charge is -2.26. The third kappa shape index (κ3) is 5.87. The SMILES string of the molecule is CC(C(N)=O)N(C)c1ncc(-c2ccnc(Nc3ccc(CN4CCOCC4)nc3)n2)cc1C#N. The highest BCUT2D eigenvalue weighted by Gasteiger charge is 2.20. The third-order valence-corrected chi connectivity index (χ3v) is 5.84. The Morgan fingerprint density at radius 1 is 1.26 bits per heavy atom. The monoisotopic (exact) mass is 473 g/mol. The largest absolute Gasteiger partial charge is 0.379 e. The third-order valence-electron chi connectivity index (χ3n) is 5.84. The summed E-state index contributed by atoms with van der Waals surface area (Å²) in [4.78, 5) is 33.2. The molecule has 0 saturated carbocycles. The maximum atomic E-state index is 11.5. The molecule has 0 aromatic carbocycles. The molecule has 11 nitrogen and oxygen atoms in total. The number of primary amides is 1. The molecular formula is C24H27N9O2. The van der Waals surface area contributed by atoms with Gasteiger partial charge in [-0.15, -0.1) is 0 Å². The Labute approximate surface area is 203 Å². The smallest absolute Gasteiger partial charge is 0.239 e. The van der Waals surface area contributed by atoms with Crippen LogP contribution in [0.5, 0.6) is 0 Å². The van der Waals surface area contributed by atoms with Crippen LogP contribution in [0.4, 0.5) is 17.5 Å². The molecule has 180 valence electrons. The Kier molecular flexibility index (Phi) is 7.45. The van der Waals surface area contributed by atoms with E-state index in [2.05, 4.69) is 36.2 Å². The normalized spacial score (nSPS) is 14.7. The van der Waals surface area contributed by atoms with Gasteiger partial charge in [-0.3, -0.25) is 14.7 Å². The van der Waals surface area contributed by atoms with Crippen molar-refractivity contribution in [2.24, 2.45) is 5.73 Å². The number of carbonyl (C=O) groups excluding carboxylic acids is 1. The lowest BCUT2D eigenvalue weighted by molar-refractivity contribution is -0.118. The fraction of sp³-hybridized carbons (Fsp3) is 0.333. The minimum Gasteiger partial charge on any atom is -0.379 e. The second-order valence-electron chi connectivity index (χ2n) is 8.21. The predicted octanol–water partition coefficient (Wildman–Crippen LogP) is 1.69. The molecule has 1 aliphatic heterocycles. The van der Waals surface area contributed by atoms with E-state index in [9.17, 15) is 10.1 Å². The summed E-state index contributed by atoms with van der Waals surface area (Å²) in [6.07, 6.45) is 4.99. The lowest BCUT2D eigenvalue weighted by Crippen LogP contribution is -2.41. The summed E-state index contributed by atoms with van der Waals surface area (Å²) in [6, 6.07) is 8.87. The lowest BCUT2D eigenvalue weighted by atomic mass is 10.1. The molecule has 35 heavy (non-hydrogen) atoms. The quantitative estimate of drug-likeness (QED) is 0.495. The molecule has 3 N–H and O–H groups in total. The molecule has 1 saturated heterocycles. The van der Waals surface area contributed by atoms with E-state index in [1.807, 2.05) is 12.1 Å². The summed E-state index contributed by atoms with van der Waals surface area (Å²) in [5, 5.41) is 12.8. The van der Waals surface area contributed by atoms with E-state index >= 15 is 0 Å². The number of likely N-dealkylation sites (N-methyl/N-ethyl adjacent to an activating group) is 1. The number of aromatic nitrogens is 4. The number of ether oxygens (including phenoxy) is 1. The number of morpholine rings is 1. The molecule has 4 rings (SSSR count). The van der Waals surface area contributed by atoms with Crippen LogP contribution in [0.25, 0.3) is 11.3 Å². The van der Waals surface area contributed by atoms with Crippen molar-refractivity contribution in [1.82, 2.24) is 24.8 Å². The molecule has 1 unspecified atom stereocenters. The molecule has 3 aromatic heterocycles. The summed E-state index contributed by atoms with van der Waals surface area (Å²) in [7, 11) is 1.67. The number of amides is 1. The van der Waals surface area contributed by atoms with Crippen LogP contribution in [0.1, 0.15) is 18.2 Å². The second-order valence-corrected chi connectivity index (χ2v) is 8.21. The van der Waals surface area contributed by atoms with Crippen molar-refractivity contribution < 1.29 is 9.53 Å². The first-order chi connectivity index (χ1) is 16.9. The Hall–Kier alpha value is -4.14. The summed E-state index contributed by atoms with van der Waals surface area (Å²) < 4.78 is 5.39. The van der Waals surface area contributed by atoms with Crippen LogP contribution in [0.15, 0.2) is 42.9 Å². The van der Waals surface area contributed by atoms with Crippen molar-refractivity contribution in [1.29, 1.82) is 5.26 Å². The molecule has 3 aromatic rings. The second kappa shape index (κ2) is 10.9. The van der Waals surface area contributed by atoms with Crippen molar-refractivity contribution >= 4 is 23.4 Å². The van der Waals surface area contributed by atoms with Crippen LogP contribution in [0.3, 0.4) is 0 Å². The number of rotatable bonds is 8. The zero-order valence-electron chi connectivity index (χ0n) is 19.7. The zero-order valence-corrected chi connectivity index (χ0v) is 19.7. The van der Waals surface area contributed by atoms with Crippen molar-refractivity contribution in [2.45, 2.75) is 19.5 Å². The van der Waals surface area contributed by atoms with Crippen LogP contribution in [0, 0.1) is 11.3 Å². The molecule has 1 atom stereocenters. The van der Waals surface area contributed by atoms with Gasteiger partial charge in [-0.1, -0.05) is 0 Å². The molecular weight excluding hydrogens is 446 g/mol. The van der Waals surface area contributed by atoms with Crippen molar-refractivity contribution in [3.8, 4) is 17.3 Å². The van der Waals surface area contributed by atoms with Gasteiger partial charge in [-0.25, -0.2) is 15.0 Å². The van der Waals surface area contributed by atoms with E-state index in [-0.39, 0.29) is 0 Å². The Morgan fingerprint density at radius 2 is 2.06 bits per heavy atom. The van der Waals surface area contributed by atoms with Crippen LogP contribution < -0.4 is 16.0 Å². The molecule has 4 heterocycles. The van der Waals surface area contributed by atoms with E-state index in [4.69, 9.17) is 10.5 Å². The summed E-state index contributed by atoms with van der Waals surface area (Å²) in [6.45, 7) is 5.77. The number of nitriles is 1. The first-order valence-electron chi connectivity index (χ1n) is 11.2. The maximum Gasteiger partial charge on any atom is 0.239 e. The summed E-state index contributed by atoms with van der Waals surface area (Å²) in [5.74, 6) is 0.267. The van der Waals surface area contributed by atoms with Gasteiger partial charge in [0, 0.05) is 44.6 Å². The highest BCUT2D eigenvalue weighted by atomic mass is 16.5. The molecule has 1 amide bonds. The Morgan fingerprint density at radius 3 is 2.74 bits per heavy atom. The van der Waals surface area contributed by atoms with Gasteiger partial charge in [0.05, 0.1) is 42.0 Å². The van der Waals surface area contributed by atoms with E-state index in [0.717, 1.165) is 44.2 Å². The topological polar surface area (TPSA) is 146 Å². The van der Waals surface area contributed by atoms with Crippen LogP contribution in [0.2, 0.25) is 0 Å². The van der Waals surface area contributed by atoms with E-state index < -0.39 is 11.9 Å². The minimum absolute atomic E-state index is 0.311. The number of anilines is 3. The summed E-state index contributed by atoms with van der Waals surface area (Å²) in [5.41, 5.74) is 8.70. The van der Waals surface area contributed by atoms with E-state index in [0.29, 0.717) is 28.6 Å². The number of nitrogens with two attached hydrogens (primary N) is 1. The van der Waals surface area contributed by atoms with E-state index in [1.165, 1.54) is 0 Å². The molecule has 1 fully saturated rings. The van der Waals surface area contributed by atoms with Gasteiger partial charge in [-0.05, 0) is 31.2 Å². The molecule has 1 aliphatic rings. The predicted molar refractivity (Wildman–Crippen MR) is 131 cm³/mol. The van der Waals surface area contributed by atoms with Gasteiger partial charge in [0.15, 0.2) is 0 Å². The molecule has 0 bridgehead atoms. The van der Waals surface area contributed by atoms with Crippen molar-refractivity contribution in [3.05, 3.63) is 54.1 Å². The molecule has 11 heteroatoms.